The van der Waals surface area contributed by atoms with Gasteiger partial charge in [0.25, 0.3) is 5.88 Å². The molecule has 1 aromatic heterocycles. The fourth-order valence-corrected chi connectivity index (χ4v) is 1.19. The summed E-state index contributed by atoms with van der Waals surface area (Å²) in [5, 5.41) is 9.30. The molecule has 0 aliphatic rings. The Morgan fingerprint density at radius 1 is 1.53 bits per heavy atom. The molecule has 0 radical (unpaired) electrons. The Kier molecular flexibility index (Phi) is 3.28. The van der Waals surface area contributed by atoms with E-state index in [9.17, 15) is 18.3 Å². The van der Waals surface area contributed by atoms with Crippen molar-refractivity contribution in [1.82, 2.24) is 4.98 Å². The minimum Gasteiger partial charge on any atom is -0.503 e. The highest BCUT2D eigenvalue weighted by Crippen LogP contribution is 2.33. The lowest BCUT2D eigenvalue weighted by Gasteiger charge is -2.11. The third kappa shape index (κ3) is 3.16. The molecule has 15 heavy (non-hydrogen) atoms. The van der Waals surface area contributed by atoms with Gasteiger partial charge < -0.3 is 9.84 Å². The highest BCUT2D eigenvalue weighted by Gasteiger charge is 2.33. The lowest BCUT2D eigenvalue weighted by molar-refractivity contribution is -0.276. The van der Waals surface area contributed by atoms with E-state index in [1.165, 1.54) is 13.0 Å². The van der Waals surface area contributed by atoms with Crippen LogP contribution in [-0.4, -0.2) is 16.5 Å². The Bertz CT molecular complexity index is 368. The Hall–Kier alpha value is -1.17. The number of rotatable bonds is 2. The fraction of sp³-hybridized carbons (Fsp3) is 0.375. The number of nitrogens with zero attached hydrogens (tertiary/aromatic N) is 1. The Morgan fingerprint density at radius 2 is 2.13 bits per heavy atom. The zero-order valence-electron chi connectivity index (χ0n) is 7.60. The number of hydrogen-bond donors (Lipinski definition) is 1. The van der Waals surface area contributed by atoms with Crippen LogP contribution in [0.25, 0.3) is 0 Å². The highest BCUT2D eigenvalue weighted by atomic mass is 35.5. The molecule has 0 saturated carbocycles. The molecule has 0 fully saturated rings. The molecular weight excluding hydrogens is 235 g/mol. The van der Waals surface area contributed by atoms with Crippen molar-refractivity contribution in [2.45, 2.75) is 19.2 Å². The van der Waals surface area contributed by atoms with Crippen LogP contribution in [0.4, 0.5) is 13.2 Å². The molecule has 3 nitrogen and oxygen atoms in total. The zero-order valence-corrected chi connectivity index (χ0v) is 8.35. The maximum atomic E-state index is 11.9. The number of ether oxygens (including phenoxy) is 1. The van der Waals surface area contributed by atoms with Crippen LogP contribution in [0.1, 0.15) is 11.3 Å². The van der Waals surface area contributed by atoms with Crippen molar-refractivity contribution in [2.24, 2.45) is 0 Å². The predicted octanol–water partition coefficient (Wildman–Crippen LogP) is 2.73. The molecule has 0 aliphatic heterocycles. The average Bonchev–Trinajstić information content (AvgIpc) is 2.08. The van der Waals surface area contributed by atoms with Crippen LogP contribution in [-0.2, 0) is 5.88 Å². The summed E-state index contributed by atoms with van der Waals surface area (Å²) in [4.78, 5) is 3.42. The number of aryl methyl sites for hydroxylation is 1. The lowest BCUT2D eigenvalue weighted by atomic mass is 10.2. The van der Waals surface area contributed by atoms with Crippen molar-refractivity contribution >= 4 is 11.6 Å². The van der Waals surface area contributed by atoms with Crippen LogP contribution in [0.5, 0.6) is 11.6 Å². The second-order valence-corrected chi connectivity index (χ2v) is 3.03. The standard InChI is InChI=1S/C8H7ClF3NO2/c1-4-2-5(3-9)6(14)7(13-4)15-8(10,11)12/h2,14H,3H2,1H3. The third-order valence-corrected chi connectivity index (χ3v) is 1.81. The number of aromatic nitrogens is 1. The zero-order chi connectivity index (χ0) is 11.6. The Morgan fingerprint density at radius 3 is 2.60 bits per heavy atom. The van der Waals surface area contributed by atoms with E-state index in [0.29, 0.717) is 0 Å². The van der Waals surface area contributed by atoms with Gasteiger partial charge in [-0.3, -0.25) is 0 Å². The fourth-order valence-electron chi connectivity index (χ4n) is 0.986. The van der Waals surface area contributed by atoms with Crippen molar-refractivity contribution in [2.75, 3.05) is 0 Å². The van der Waals surface area contributed by atoms with Crippen molar-refractivity contribution in [3.05, 3.63) is 17.3 Å². The summed E-state index contributed by atoms with van der Waals surface area (Å²) in [6.07, 6.45) is -4.89. The predicted molar refractivity (Wildman–Crippen MR) is 46.9 cm³/mol. The number of pyridine rings is 1. The molecule has 84 valence electrons. The summed E-state index contributed by atoms with van der Waals surface area (Å²) in [7, 11) is 0. The molecule has 0 bridgehead atoms. The van der Waals surface area contributed by atoms with Gasteiger partial charge >= 0.3 is 6.36 Å². The van der Waals surface area contributed by atoms with Gasteiger partial charge in [0.2, 0.25) is 0 Å². The topological polar surface area (TPSA) is 42.4 Å². The largest absolute Gasteiger partial charge is 0.574 e. The summed E-state index contributed by atoms with van der Waals surface area (Å²) in [5.41, 5.74) is 0.422. The van der Waals surface area contributed by atoms with Gasteiger partial charge in [0, 0.05) is 11.3 Å². The molecule has 0 unspecified atom stereocenters. The molecule has 0 aliphatic carbocycles. The molecule has 0 atom stereocenters. The first-order valence-electron chi connectivity index (χ1n) is 3.84. The average molecular weight is 242 g/mol. The normalized spacial score (nSPS) is 11.5. The second kappa shape index (κ2) is 4.14. The van der Waals surface area contributed by atoms with Gasteiger partial charge in [-0.15, -0.1) is 24.8 Å². The van der Waals surface area contributed by atoms with E-state index in [1.54, 1.807) is 0 Å². The number of halogens is 4. The molecular formula is C8H7ClF3NO2. The third-order valence-electron chi connectivity index (χ3n) is 1.52. The van der Waals surface area contributed by atoms with Crippen LogP contribution in [0, 0.1) is 6.92 Å². The van der Waals surface area contributed by atoms with Crippen LogP contribution >= 0.6 is 11.6 Å². The van der Waals surface area contributed by atoms with Gasteiger partial charge in [0.05, 0.1) is 5.88 Å². The molecule has 1 heterocycles. The summed E-state index contributed by atoms with van der Waals surface area (Å²) in [6.45, 7) is 1.47. The van der Waals surface area contributed by atoms with Gasteiger partial charge in [0.15, 0.2) is 5.75 Å². The quantitative estimate of drug-likeness (QED) is 0.810. The minimum absolute atomic E-state index is 0.122. The summed E-state index contributed by atoms with van der Waals surface area (Å²) < 4.78 is 39.2. The number of aromatic hydroxyl groups is 1. The van der Waals surface area contributed by atoms with Crippen molar-refractivity contribution < 1.29 is 23.0 Å². The van der Waals surface area contributed by atoms with Gasteiger partial charge in [-0.05, 0) is 13.0 Å². The maximum absolute atomic E-state index is 11.9. The SMILES string of the molecule is Cc1cc(CCl)c(O)c(OC(F)(F)F)n1. The van der Waals surface area contributed by atoms with E-state index in [-0.39, 0.29) is 17.1 Å². The monoisotopic (exact) mass is 241 g/mol. The van der Waals surface area contributed by atoms with E-state index in [2.05, 4.69) is 9.72 Å². The lowest BCUT2D eigenvalue weighted by Crippen LogP contribution is -2.18. The van der Waals surface area contributed by atoms with Crippen LogP contribution in [0.2, 0.25) is 0 Å². The van der Waals surface area contributed by atoms with Gasteiger partial charge in [-0.1, -0.05) is 0 Å². The molecule has 7 heteroatoms. The molecule has 1 N–H and O–H groups in total. The highest BCUT2D eigenvalue weighted by molar-refractivity contribution is 6.17. The number of hydrogen-bond acceptors (Lipinski definition) is 3. The second-order valence-electron chi connectivity index (χ2n) is 2.76. The van der Waals surface area contributed by atoms with E-state index in [1.807, 2.05) is 0 Å². The Balaban J connectivity index is 3.12. The molecule has 0 aromatic carbocycles. The molecule has 1 aromatic rings. The van der Waals surface area contributed by atoms with Crippen molar-refractivity contribution in [1.29, 1.82) is 0 Å². The molecule has 1 rings (SSSR count). The van der Waals surface area contributed by atoms with Crippen molar-refractivity contribution in [3.63, 3.8) is 0 Å². The van der Waals surface area contributed by atoms with E-state index in [0.717, 1.165) is 0 Å². The number of alkyl halides is 4. The summed E-state index contributed by atoms with van der Waals surface area (Å²) >= 11 is 5.42. The van der Waals surface area contributed by atoms with E-state index >= 15 is 0 Å². The first kappa shape index (κ1) is 11.9. The molecule has 0 saturated heterocycles. The van der Waals surface area contributed by atoms with Gasteiger partial charge in [0.1, 0.15) is 0 Å². The van der Waals surface area contributed by atoms with Crippen LogP contribution in [0.15, 0.2) is 6.07 Å². The van der Waals surface area contributed by atoms with Crippen molar-refractivity contribution in [3.8, 4) is 11.6 Å². The molecule has 0 amide bonds. The van der Waals surface area contributed by atoms with E-state index in [4.69, 9.17) is 11.6 Å². The Labute approximate surface area is 88.5 Å². The van der Waals surface area contributed by atoms with Gasteiger partial charge in [-0.2, -0.15) is 0 Å². The summed E-state index contributed by atoms with van der Waals surface area (Å²) in [5.74, 6) is -1.69. The first-order valence-corrected chi connectivity index (χ1v) is 4.38. The first-order chi connectivity index (χ1) is 6.83. The van der Waals surface area contributed by atoms with E-state index < -0.39 is 18.0 Å². The minimum atomic E-state index is -4.89. The van der Waals surface area contributed by atoms with Gasteiger partial charge in [-0.25, -0.2) is 4.98 Å². The van der Waals surface area contributed by atoms with Crippen LogP contribution < -0.4 is 4.74 Å². The van der Waals surface area contributed by atoms with Crippen LogP contribution in [0.3, 0.4) is 0 Å². The summed E-state index contributed by atoms with van der Waals surface area (Å²) in [6, 6.07) is 1.38. The molecule has 0 spiro atoms. The maximum Gasteiger partial charge on any atom is 0.574 e. The smallest absolute Gasteiger partial charge is 0.503 e.